The normalized spacial score (nSPS) is 12.1. The Bertz CT molecular complexity index is 1150. The molecule has 2 rings (SSSR count). The van der Waals surface area contributed by atoms with Crippen molar-refractivity contribution in [3.63, 3.8) is 0 Å². The van der Waals surface area contributed by atoms with Gasteiger partial charge in [-0.15, -0.1) is 0 Å². The van der Waals surface area contributed by atoms with Gasteiger partial charge in [-0.05, 0) is 42.5 Å². The molecule has 0 saturated heterocycles. The topological polar surface area (TPSA) is 104 Å². The van der Waals surface area contributed by atoms with Crippen LogP contribution in [0.2, 0.25) is 5.02 Å². The van der Waals surface area contributed by atoms with E-state index in [2.05, 4.69) is 5.32 Å². The number of carbonyl (C=O) groups excluding carboxylic acids is 1. The van der Waals surface area contributed by atoms with Gasteiger partial charge in [0.25, 0.3) is 0 Å². The van der Waals surface area contributed by atoms with Crippen LogP contribution < -0.4 is 9.62 Å². The van der Waals surface area contributed by atoms with Crippen LogP contribution in [0.25, 0.3) is 0 Å². The van der Waals surface area contributed by atoms with Crippen LogP contribution in [0.3, 0.4) is 0 Å². The smallest absolute Gasteiger partial charge is 0.245 e. The maximum Gasteiger partial charge on any atom is 0.245 e. The molecule has 0 aliphatic heterocycles. The highest BCUT2D eigenvalue weighted by Crippen LogP contribution is 2.24. The van der Waals surface area contributed by atoms with Crippen molar-refractivity contribution >= 4 is 48.9 Å². The summed E-state index contributed by atoms with van der Waals surface area (Å²) in [6.07, 6.45) is 0.907. The van der Waals surface area contributed by atoms with E-state index in [0.717, 1.165) is 22.7 Å². The molecule has 0 aromatic heterocycles. The van der Waals surface area contributed by atoms with Crippen LogP contribution in [0.4, 0.5) is 15.8 Å². The van der Waals surface area contributed by atoms with Crippen molar-refractivity contribution in [3.05, 3.63) is 53.3 Å². The number of benzene rings is 2. The van der Waals surface area contributed by atoms with Gasteiger partial charge < -0.3 is 5.32 Å². The van der Waals surface area contributed by atoms with Gasteiger partial charge in [0.2, 0.25) is 26.0 Å². The average molecular weight is 492 g/mol. The Kier molecular flexibility index (Phi) is 8.04. The van der Waals surface area contributed by atoms with E-state index in [9.17, 15) is 26.0 Å². The molecule has 0 aliphatic carbocycles. The fourth-order valence-corrected chi connectivity index (χ4v) is 5.28. The molecule has 1 amide bonds. The molecule has 0 unspecified atom stereocenters. The lowest BCUT2D eigenvalue weighted by Crippen LogP contribution is -2.37. The van der Waals surface area contributed by atoms with Crippen LogP contribution >= 0.6 is 11.6 Å². The van der Waals surface area contributed by atoms with Crippen LogP contribution in [0.15, 0.2) is 47.4 Å². The number of hydrogen-bond acceptors (Lipinski definition) is 5. The fraction of sp³-hybridized carbons (Fsp3) is 0.316. The maximum absolute atomic E-state index is 13.4. The monoisotopic (exact) mass is 491 g/mol. The van der Waals surface area contributed by atoms with E-state index in [1.54, 1.807) is 13.8 Å². The second-order valence-electron chi connectivity index (χ2n) is 6.53. The van der Waals surface area contributed by atoms with E-state index in [0.29, 0.717) is 13.1 Å². The number of amides is 1. The van der Waals surface area contributed by atoms with E-state index in [1.165, 1.54) is 34.6 Å². The van der Waals surface area contributed by atoms with Crippen LogP contribution in [0.5, 0.6) is 0 Å². The molecule has 31 heavy (non-hydrogen) atoms. The maximum atomic E-state index is 13.4. The SMILES string of the molecule is CCN(CC)S(=O)(=O)c1ccc(NC(=O)CN(c2ccc(F)c(Cl)c2)S(C)(=O)=O)cc1. The van der Waals surface area contributed by atoms with Crippen molar-refractivity contribution in [1.82, 2.24) is 4.31 Å². The number of sulfonamides is 2. The van der Waals surface area contributed by atoms with Gasteiger partial charge in [-0.25, -0.2) is 21.2 Å². The quantitative estimate of drug-likeness (QED) is 0.580. The molecule has 0 bridgehead atoms. The Morgan fingerprint density at radius 1 is 1.03 bits per heavy atom. The van der Waals surface area contributed by atoms with E-state index in [4.69, 9.17) is 11.6 Å². The molecule has 0 fully saturated rings. The molecular formula is C19H23ClFN3O5S2. The summed E-state index contributed by atoms with van der Waals surface area (Å²) in [6, 6.07) is 8.85. The van der Waals surface area contributed by atoms with Crippen molar-refractivity contribution < 1.29 is 26.0 Å². The first-order chi connectivity index (χ1) is 14.4. The summed E-state index contributed by atoms with van der Waals surface area (Å²) in [4.78, 5) is 12.5. The van der Waals surface area contributed by atoms with E-state index >= 15 is 0 Å². The summed E-state index contributed by atoms with van der Waals surface area (Å²) in [5, 5.41) is 2.23. The summed E-state index contributed by atoms with van der Waals surface area (Å²) < 4.78 is 64.8. The van der Waals surface area contributed by atoms with E-state index in [1.807, 2.05) is 0 Å². The van der Waals surface area contributed by atoms with Gasteiger partial charge in [-0.3, -0.25) is 9.10 Å². The van der Waals surface area contributed by atoms with Crippen molar-refractivity contribution in [3.8, 4) is 0 Å². The molecular weight excluding hydrogens is 469 g/mol. The molecule has 170 valence electrons. The number of nitrogens with zero attached hydrogens (tertiary/aromatic N) is 2. The zero-order valence-electron chi connectivity index (χ0n) is 17.2. The zero-order valence-corrected chi connectivity index (χ0v) is 19.6. The highest BCUT2D eigenvalue weighted by atomic mass is 35.5. The Morgan fingerprint density at radius 2 is 1.61 bits per heavy atom. The summed E-state index contributed by atoms with van der Waals surface area (Å²) in [7, 11) is -7.51. The van der Waals surface area contributed by atoms with Crippen LogP contribution in [0.1, 0.15) is 13.8 Å². The minimum atomic E-state index is -3.87. The van der Waals surface area contributed by atoms with Crippen LogP contribution in [-0.2, 0) is 24.8 Å². The first-order valence-corrected chi connectivity index (χ1v) is 12.9. The van der Waals surface area contributed by atoms with Crippen LogP contribution in [-0.4, -0.2) is 52.9 Å². The lowest BCUT2D eigenvalue weighted by molar-refractivity contribution is -0.114. The van der Waals surface area contributed by atoms with Gasteiger partial charge in [-0.1, -0.05) is 25.4 Å². The second-order valence-corrected chi connectivity index (χ2v) is 10.8. The highest BCUT2D eigenvalue weighted by Gasteiger charge is 2.23. The Hall–Kier alpha value is -2.21. The molecule has 0 aliphatic rings. The largest absolute Gasteiger partial charge is 0.325 e. The Labute approximate surface area is 186 Å². The third-order valence-corrected chi connectivity index (χ3v) is 7.85. The molecule has 2 aromatic rings. The zero-order chi connectivity index (χ0) is 23.4. The summed E-state index contributed by atoms with van der Waals surface area (Å²) >= 11 is 5.72. The molecule has 2 aromatic carbocycles. The lowest BCUT2D eigenvalue weighted by atomic mass is 10.3. The predicted octanol–water partition coefficient (Wildman–Crippen LogP) is 2.91. The molecule has 0 heterocycles. The lowest BCUT2D eigenvalue weighted by Gasteiger charge is -2.22. The minimum absolute atomic E-state index is 0.0321. The highest BCUT2D eigenvalue weighted by molar-refractivity contribution is 7.92. The Balaban J connectivity index is 2.19. The van der Waals surface area contributed by atoms with Gasteiger partial charge >= 0.3 is 0 Å². The van der Waals surface area contributed by atoms with Crippen molar-refractivity contribution in [2.75, 3.05) is 35.5 Å². The van der Waals surface area contributed by atoms with Gasteiger partial charge in [0.05, 0.1) is 21.9 Å². The Morgan fingerprint density at radius 3 is 2.10 bits per heavy atom. The number of rotatable bonds is 9. The summed E-state index contributed by atoms with van der Waals surface area (Å²) in [5.41, 5.74) is 0.318. The first kappa shape index (κ1) is 25.1. The molecule has 0 radical (unpaired) electrons. The van der Waals surface area contributed by atoms with Crippen LogP contribution in [0, 0.1) is 5.82 Å². The van der Waals surface area contributed by atoms with E-state index in [-0.39, 0.29) is 21.3 Å². The summed E-state index contributed by atoms with van der Waals surface area (Å²) in [6.45, 7) is 3.54. The van der Waals surface area contributed by atoms with Crippen molar-refractivity contribution in [2.24, 2.45) is 0 Å². The molecule has 0 spiro atoms. The number of anilines is 2. The average Bonchev–Trinajstić information content (AvgIpc) is 2.68. The van der Waals surface area contributed by atoms with E-state index < -0.39 is 38.3 Å². The third kappa shape index (κ3) is 6.16. The van der Waals surface area contributed by atoms with Crippen molar-refractivity contribution in [2.45, 2.75) is 18.7 Å². The predicted molar refractivity (Wildman–Crippen MR) is 119 cm³/mol. The molecule has 8 nitrogen and oxygen atoms in total. The molecule has 12 heteroatoms. The fourth-order valence-electron chi connectivity index (χ4n) is 2.79. The number of carbonyl (C=O) groups is 1. The number of hydrogen-bond donors (Lipinski definition) is 1. The van der Waals surface area contributed by atoms with Crippen molar-refractivity contribution in [1.29, 1.82) is 0 Å². The number of nitrogens with one attached hydrogen (secondary N) is 1. The third-order valence-electron chi connectivity index (χ3n) is 4.36. The standard InChI is InChI=1S/C19H23ClFN3O5S2/c1-4-23(5-2)31(28,29)16-9-6-14(7-10-16)22-19(25)13-24(30(3,26)27)15-8-11-18(21)17(20)12-15/h6-12H,4-5,13H2,1-3H3,(H,22,25). The molecule has 0 atom stereocenters. The number of halogens is 2. The van der Waals surface area contributed by atoms with Gasteiger partial charge in [0, 0.05) is 18.8 Å². The van der Waals surface area contributed by atoms with Gasteiger partial charge in [-0.2, -0.15) is 4.31 Å². The minimum Gasteiger partial charge on any atom is -0.325 e. The van der Waals surface area contributed by atoms with Gasteiger partial charge in [0.15, 0.2) is 0 Å². The molecule has 1 N–H and O–H groups in total. The van der Waals surface area contributed by atoms with Gasteiger partial charge in [0.1, 0.15) is 12.4 Å². The molecule has 0 saturated carbocycles. The summed E-state index contributed by atoms with van der Waals surface area (Å²) in [5.74, 6) is -1.40. The second kappa shape index (κ2) is 9.94. The first-order valence-electron chi connectivity index (χ1n) is 9.23.